The number of nitrogens with one attached hydrogen (secondary N) is 2. The average Bonchev–Trinajstić information content (AvgIpc) is 2.93. The van der Waals surface area contributed by atoms with Crippen LogP contribution < -0.4 is 10.6 Å². The average molecular weight is 345 g/mol. The summed E-state index contributed by atoms with van der Waals surface area (Å²) < 4.78 is 5.43. The monoisotopic (exact) mass is 345 g/mol. The predicted octanol–water partition coefficient (Wildman–Crippen LogP) is 3.72. The van der Waals surface area contributed by atoms with Crippen molar-refractivity contribution >= 4 is 17.7 Å². The normalized spacial score (nSPS) is 11.2. The minimum atomic E-state index is -0.889. The van der Waals surface area contributed by atoms with E-state index >= 15 is 0 Å². The molecule has 134 valence electrons. The number of anilines is 1. The highest BCUT2D eigenvalue weighted by atomic mass is 16.4. The van der Waals surface area contributed by atoms with Gasteiger partial charge in [-0.1, -0.05) is 6.07 Å². The summed E-state index contributed by atoms with van der Waals surface area (Å²) in [5.74, 6) is -0.388. The number of hydrogen-bond acceptors (Lipinski definition) is 4. The fraction of sp³-hybridized carbons (Fsp3) is 0.389. The molecule has 7 nitrogen and oxygen atoms in total. The first-order chi connectivity index (χ1) is 11.7. The first-order valence-electron chi connectivity index (χ1n) is 8.00. The van der Waals surface area contributed by atoms with Crippen LogP contribution >= 0.6 is 0 Å². The van der Waals surface area contributed by atoms with Gasteiger partial charge in [0.2, 0.25) is 5.89 Å². The van der Waals surface area contributed by atoms with Gasteiger partial charge in [-0.15, -0.1) is 0 Å². The number of hydrogen-bond donors (Lipinski definition) is 3. The Morgan fingerprint density at radius 3 is 2.60 bits per heavy atom. The first kappa shape index (κ1) is 18.5. The number of rotatable bonds is 6. The second-order valence-electron chi connectivity index (χ2n) is 6.68. The van der Waals surface area contributed by atoms with Crippen molar-refractivity contribution in [1.29, 1.82) is 0 Å². The second kappa shape index (κ2) is 7.38. The molecule has 0 saturated heterocycles. The molecule has 0 aliphatic rings. The van der Waals surface area contributed by atoms with E-state index in [2.05, 4.69) is 15.6 Å². The summed E-state index contributed by atoms with van der Waals surface area (Å²) in [5, 5.41) is 14.3. The lowest BCUT2D eigenvalue weighted by Gasteiger charge is -2.25. The Morgan fingerprint density at radius 2 is 2.00 bits per heavy atom. The molecule has 0 radical (unpaired) electrons. The van der Waals surface area contributed by atoms with Crippen LogP contribution in [0.3, 0.4) is 0 Å². The van der Waals surface area contributed by atoms with E-state index in [0.717, 1.165) is 16.8 Å². The van der Waals surface area contributed by atoms with Gasteiger partial charge in [0.1, 0.15) is 6.26 Å². The van der Waals surface area contributed by atoms with Gasteiger partial charge in [0.25, 0.3) is 0 Å². The molecule has 1 aromatic carbocycles. The molecule has 2 amide bonds. The molecule has 0 aliphatic heterocycles. The van der Waals surface area contributed by atoms with Crippen molar-refractivity contribution < 1.29 is 19.1 Å². The highest BCUT2D eigenvalue weighted by Gasteiger charge is 2.21. The minimum absolute atomic E-state index is 0.00846. The number of urea groups is 1. The molecule has 0 spiro atoms. The first-order valence-corrected chi connectivity index (χ1v) is 8.00. The van der Waals surface area contributed by atoms with Crippen molar-refractivity contribution in [2.24, 2.45) is 0 Å². The lowest BCUT2D eigenvalue weighted by atomic mass is 9.99. The number of aliphatic carboxylic acids is 1. The largest absolute Gasteiger partial charge is 0.481 e. The van der Waals surface area contributed by atoms with E-state index in [0.29, 0.717) is 18.0 Å². The Bertz CT molecular complexity index is 780. The quantitative estimate of drug-likeness (QED) is 0.740. The maximum Gasteiger partial charge on any atom is 0.319 e. The number of oxazole rings is 1. The summed E-state index contributed by atoms with van der Waals surface area (Å²) in [5.41, 5.74) is 2.54. The number of carbonyl (C=O) groups is 2. The molecule has 1 heterocycles. The number of carbonyl (C=O) groups excluding carboxylic acids is 1. The van der Waals surface area contributed by atoms with Crippen LogP contribution in [0.5, 0.6) is 0 Å². The summed E-state index contributed by atoms with van der Waals surface area (Å²) in [6.07, 6.45) is 1.91. The number of amides is 2. The van der Waals surface area contributed by atoms with Gasteiger partial charge >= 0.3 is 12.0 Å². The predicted molar refractivity (Wildman–Crippen MR) is 94.5 cm³/mol. The Kier molecular flexibility index (Phi) is 5.46. The highest BCUT2D eigenvalue weighted by molar-refractivity contribution is 5.90. The third kappa shape index (κ3) is 5.34. The van der Waals surface area contributed by atoms with Gasteiger partial charge in [0.05, 0.1) is 5.69 Å². The molecule has 1 aromatic heterocycles. The zero-order valence-electron chi connectivity index (χ0n) is 14.8. The standard InChI is InChI=1S/C18H23N3O4/c1-11-5-6-13(9-14(11)16-19-12(2)10-25-16)20-17(24)21-18(3,4)8-7-15(22)23/h5-6,9-10H,7-8H2,1-4H3,(H,22,23)(H2,20,21,24). The molecular formula is C18H23N3O4. The van der Waals surface area contributed by atoms with Crippen molar-refractivity contribution in [2.75, 3.05) is 5.32 Å². The SMILES string of the molecule is Cc1coc(-c2cc(NC(=O)NC(C)(C)CCC(=O)O)ccc2C)n1. The number of carboxylic acid groups (broad SMARTS) is 1. The molecule has 25 heavy (non-hydrogen) atoms. The van der Waals surface area contributed by atoms with Gasteiger partial charge < -0.3 is 20.2 Å². The number of carboxylic acids is 1. The van der Waals surface area contributed by atoms with Crippen molar-refractivity contribution in [1.82, 2.24) is 10.3 Å². The topological polar surface area (TPSA) is 104 Å². The number of aryl methyl sites for hydroxylation is 2. The van der Waals surface area contributed by atoms with Crippen molar-refractivity contribution in [3.8, 4) is 11.5 Å². The van der Waals surface area contributed by atoms with E-state index in [-0.39, 0.29) is 6.42 Å². The van der Waals surface area contributed by atoms with Gasteiger partial charge in [-0.25, -0.2) is 9.78 Å². The van der Waals surface area contributed by atoms with Gasteiger partial charge in [0, 0.05) is 23.2 Å². The lowest BCUT2D eigenvalue weighted by Crippen LogP contribution is -2.45. The smallest absolute Gasteiger partial charge is 0.319 e. The molecule has 0 saturated carbocycles. The van der Waals surface area contributed by atoms with Gasteiger partial charge in [-0.2, -0.15) is 0 Å². The van der Waals surface area contributed by atoms with Crippen LogP contribution in [-0.4, -0.2) is 27.6 Å². The fourth-order valence-corrected chi connectivity index (χ4v) is 2.36. The molecule has 0 atom stereocenters. The van der Waals surface area contributed by atoms with Crippen LogP contribution in [0, 0.1) is 13.8 Å². The molecule has 2 rings (SSSR count). The van der Waals surface area contributed by atoms with Crippen molar-refractivity contribution in [2.45, 2.75) is 46.1 Å². The molecule has 0 bridgehead atoms. The van der Waals surface area contributed by atoms with Crippen LogP contribution in [0.2, 0.25) is 0 Å². The highest BCUT2D eigenvalue weighted by Crippen LogP contribution is 2.26. The minimum Gasteiger partial charge on any atom is -0.481 e. The van der Waals surface area contributed by atoms with E-state index in [9.17, 15) is 9.59 Å². The summed E-state index contributed by atoms with van der Waals surface area (Å²) in [7, 11) is 0. The Labute approximate surface area is 146 Å². The molecule has 0 unspecified atom stereocenters. The Balaban J connectivity index is 2.07. The zero-order valence-corrected chi connectivity index (χ0v) is 14.8. The maximum absolute atomic E-state index is 12.2. The summed E-state index contributed by atoms with van der Waals surface area (Å²) >= 11 is 0. The number of benzene rings is 1. The van der Waals surface area contributed by atoms with Crippen LogP contribution in [0.4, 0.5) is 10.5 Å². The fourth-order valence-electron chi connectivity index (χ4n) is 2.36. The third-order valence-electron chi connectivity index (χ3n) is 3.76. The number of aromatic nitrogens is 1. The Hall–Kier alpha value is -2.83. The lowest BCUT2D eigenvalue weighted by molar-refractivity contribution is -0.137. The molecule has 7 heteroatoms. The molecule has 2 aromatic rings. The van der Waals surface area contributed by atoms with Gasteiger partial charge in [-0.05, 0) is 51.8 Å². The van der Waals surface area contributed by atoms with Crippen molar-refractivity contribution in [3.63, 3.8) is 0 Å². The molecule has 0 aliphatic carbocycles. The zero-order chi connectivity index (χ0) is 18.6. The van der Waals surface area contributed by atoms with E-state index in [1.165, 1.54) is 0 Å². The summed E-state index contributed by atoms with van der Waals surface area (Å²) in [6.45, 7) is 7.35. The summed E-state index contributed by atoms with van der Waals surface area (Å²) in [4.78, 5) is 27.2. The van der Waals surface area contributed by atoms with Crippen LogP contribution in [0.1, 0.15) is 37.9 Å². The van der Waals surface area contributed by atoms with Gasteiger partial charge in [-0.3, -0.25) is 4.79 Å². The van der Waals surface area contributed by atoms with E-state index in [1.54, 1.807) is 32.2 Å². The van der Waals surface area contributed by atoms with Crippen LogP contribution in [0.15, 0.2) is 28.9 Å². The van der Waals surface area contributed by atoms with Crippen LogP contribution in [0.25, 0.3) is 11.5 Å². The van der Waals surface area contributed by atoms with E-state index < -0.39 is 17.5 Å². The summed E-state index contributed by atoms with van der Waals surface area (Å²) in [6, 6.07) is 5.07. The second-order valence-corrected chi connectivity index (χ2v) is 6.68. The molecular weight excluding hydrogens is 322 g/mol. The van der Waals surface area contributed by atoms with E-state index in [4.69, 9.17) is 9.52 Å². The van der Waals surface area contributed by atoms with Crippen LogP contribution in [-0.2, 0) is 4.79 Å². The van der Waals surface area contributed by atoms with Crippen molar-refractivity contribution in [3.05, 3.63) is 35.7 Å². The molecule has 0 fully saturated rings. The van der Waals surface area contributed by atoms with E-state index in [1.807, 2.05) is 19.9 Å². The molecule has 3 N–H and O–H groups in total. The maximum atomic E-state index is 12.2. The van der Waals surface area contributed by atoms with Gasteiger partial charge in [0.15, 0.2) is 0 Å². The Morgan fingerprint density at radius 1 is 1.28 bits per heavy atom. The number of nitrogens with zero attached hydrogens (tertiary/aromatic N) is 1. The third-order valence-corrected chi connectivity index (χ3v) is 3.76.